The minimum Gasteiger partial charge on any atom is -0.330 e. The van der Waals surface area contributed by atoms with Crippen molar-refractivity contribution in [1.29, 1.82) is 0 Å². The van der Waals surface area contributed by atoms with Crippen molar-refractivity contribution in [2.75, 3.05) is 19.6 Å². The Morgan fingerprint density at radius 2 is 2.00 bits per heavy atom. The maximum absolute atomic E-state index is 5.60. The Morgan fingerprint density at radius 3 is 2.50 bits per heavy atom. The van der Waals surface area contributed by atoms with Crippen LogP contribution in [-0.4, -0.2) is 19.6 Å². The Balaban J connectivity index is 1.94. The summed E-state index contributed by atoms with van der Waals surface area (Å²) >= 11 is 0. The second-order valence-corrected chi connectivity index (χ2v) is 5.52. The van der Waals surface area contributed by atoms with E-state index in [0.29, 0.717) is 5.41 Å². The zero-order valence-corrected chi connectivity index (χ0v) is 11.2. The summed E-state index contributed by atoms with van der Waals surface area (Å²) in [4.78, 5) is 0. The molecule has 0 radical (unpaired) electrons. The van der Waals surface area contributed by atoms with Gasteiger partial charge in [0.15, 0.2) is 0 Å². The van der Waals surface area contributed by atoms with Gasteiger partial charge in [0.05, 0.1) is 0 Å². The third-order valence-corrected chi connectivity index (χ3v) is 4.33. The smallest absolute Gasteiger partial charge is 0.000771 e. The molecule has 0 bridgehead atoms. The lowest BCUT2D eigenvalue weighted by Crippen LogP contribution is -2.25. The zero-order chi connectivity index (χ0) is 11.9. The molecule has 1 aliphatic carbocycles. The predicted molar refractivity (Wildman–Crippen MR) is 71.5 cm³/mol. The minimum absolute atomic E-state index is 0.696. The molecule has 0 saturated heterocycles. The molecule has 1 fully saturated rings. The minimum atomic E-state index is 0.696. The Hall–Kier alpha value is -0.0800. The molecule has 0 heterocycles. The van der Waals surface area contributed by atoms with Crippen molar-refractivity contribution in [2.45, 2.75) is 58.8 Å². The highest BCUT2D eigenvalue weighted by Crippen LogP contribution is 2.47. The van der Waals surface area contributed by atoms with Crippen LogP contribution in [0.2, 0.25) is 0 Å². The Bertz CT molecular complexity index is 176. The normalized spacial score (nSPS) is 19.7. The molecule has 96 valence electrons. The van der Waals surface area contributed by atoms with Crippen molar-refractivity contribution < 1.29 is 0 Å². The van der Waals surface area contributed by atoms with Gasteiger partial charge < -0.3 is 11.1 Å². The average Bonchev–Trinajstić information content (AvgIpc) is 3.08. The molecule has 2 heteroatoms. The maximum atomic E-state index is 5.60. The van der Waals surface area contributed by atoms with Crippen LogP contribution in [-0.2, 0) is 0 Å². The molecule has 0 aromatic heterocycles. The van der Waals surface area contributed by atoms with E-state index in [1.165, 1.54) is 58.0 Å². The van der Waals surface area contributed by atoms with Crippen molar-refractivity contribution in [3.63, 3.8) is 0 Å². The van der Waals surface area contributed by atoms with Gasteiger partial charge in [-0.3, -0.25) is 0 Å². The fraction of sp³-hybridized carbons (Fsp3) is 1.00. The number of nitrogens with two attached hydrogens (primary N) is 1. The van der Waals surface area contributed by atoms with E-state index in [1.54, 1.807) is 0 Å². The molecule has 2 nitrogen and oxygen atoms in total. The van der Waals surface area contributed by atoms with Gasteiger partial charge in [-0.25, -0.2) is 0 Å². The highest BCUT2D eigenvalue weighted by Gasteiger charge is 2.39. The van der Waals surface area contributed by atoms with Gasteiger partial charge in [0.2, 0.25) is 0 Å². The molecule has 1 atom stereocenters. The first-order chi connectivity index (χ1) is 7.76. The molecular weight excluding hydrogens is 196 g/mol. The first-order valence-corrected chi connectivity index (χ1v) is 7.17. The third-order valence-electron chi connectivity index (χ3n) is 4.33. The van der Waals surface area contributed by atoms with E-state index >= 15 is 0 Å². The van der Waals surface area contributed by atoms with Crippen molar-refractivity contribution in [2.24, 2.45) is 17.1 Å². The lowest BCUT2D eigenvalue weighted by atomic mass is 9.96. The van der Waals surface area contributed by atoms with Crippen molar-refractivity contribution >= 4 is 0 Å². The number of hydrogen-bond acceptors (Lipinski definition) is 2. The van der Waals surface area contributed by atoms with Gasteiger partial charge in [0, 0.05) is 6.54 Å². The molecule has 0 aromatic rings. The van der Waals surface area contributed by atoms with Gasteiger partial charge in [-0.2, -0.15) is 0 Å². The maximum Gasteiger partial charge on any atom is 0.000771 e. The van der Waals surface area contributed by atoms with E-state index in [1.807, 2.05) is 0 Å². The standard InChI is InChI=1S/C14H30N2/c1-3-13(7-10-15)6-5-11-16-12-14(4-2)8-9-14/h13,16H,3-12,15H2,1-2H3. The molecule has 0 spiro atoms. The van der Waals surface area contributed by atoms with Crippen molar-refractivity contribution in [1.82, 2.24) is 5.32 Å². The molecular formula is C14H30N2. The van der Waals surface area contributed by atoms with Gasteiger partial charge in [0.1, 0.15) is 0 Å². The van der Waals surface area contributed by atoms with Crippen molar-refractivity contribution in [3.8, 4) is 0 Å². The summed E-state index contributed by atoms with van der Waals surface area (Å²) in [6.45, 7) is 7.90. The van der Waals surface area contributed by atoms with E-state index in [9.17, 15) is 0 Å². The number of rotatable bonds is 10. The Morgan fingerprint density at radius 1 is 1.25 bits per heavy atom. The summed E-state index contributed by atoms with van der Waals surface area (Å²) in [7, 11) is 0. The van der Waals surface area contributed by atoms with E-state index in [4.69, 9.17) is 5.73 Å². The first kappa shape index (κ1) is 14.0. The zero-order valence-electron chi connectivity index (χ0n) is 11.2. The molecule has 1 saturated carbocycles. The van der Waals surface area contributed by atoms with Gasteiger partial charge in [-0.15, -0.1) is 0 Å². The fourth-order valence-corrected chi connectivity index (χ4v) is 2.49. The highest BCUT2D eigenvalue weighted by atomic mass is 14.9. The van der Waals surface area contributed by atoms with Crippen LogP contribution < -0.4 is 11.1 Å². The van der Waals surface area contributed by atoms with Crippen LogP contribution in [0.5, 0.6) is 0 Å². The van der Waals surface area contributed by atoms with Gasteiger partial charge >= 0.3 is 0 Å². The van der Waals surface area contributed by atoms with Crippen LogP contribution >= 0.6 is 0 Å². The second kappa shape index (κ2) is 7.29. The number of hydrogen-bond donors (Lipinski definition) is 2. The van der Waals surface area contributed by atoms with E-state index < -0.39 is 0 Å². The van der Waals surface area contributed by atoms with Crippen LogP contribution in [0.3, 0.4) is 0 Å². The summed E-state index contributed by atoms with van der Waals surface area (Å²) in [5.74, 6) is 0.855. The van der Waals surface area contributed by atoms with Crippen molar-refractivity contribution in [3.05, 3.63) is 0 Å². The molecule has 3 N–H and O–H groups in total. The summed E-state index contributed by atoms with van der Waals surface area (Å²) < 4.78 is 0. The first-order valence-electron chi connectivity index (χ1n) is 7.17. The van der Waals surface area contributed by atoms with Crippen LogP contribution in [0.25, 0.3) is 0 Å². The van der Waals surface area contributed by atoms with Crippen LogP contribution in [0.4, 0.5) is 0 Å². The van der Waals surface area contributed by atoms with Gasteiger partial charge in [-0.1, -0.05) is 20.3 Å². The lowest BCUT2D eigenvalue weighted by Gasteiger charge is -2.16. The largest absolute Gasteiger partial charge is 0.330 e. The average molecular weight is 226 g/mol. The Labute approximate surface area is 101 Å². The molecule has 16 heavy (non-hydrogen) atoms. The van der Waals surface area contributed by atoms with Gasteiger partial charge in [0.25, 0.3) is 0 Å². The molecule has 0 aliphatic heterocycles. The topological polar surface area (TPSA) is 38.0 Å². The SMILES string of the molecule is CCC(CCN)CCCNCC1(CC)CC1. The summed E-state index contributed by atoms with van der Waals surface area (Å²) in [5.41, 5.74) is 6.30. The number of nitrogens with one attached hydrogen (secondary N) is 1. The molecule has 1 aliphatic rings. The second-order valence-electron chi connectivity index (χ2n) is 5.52. The van der Waals surface area contributed by atoms with E-state index in [0.717, 1.165) is 12.5 Å². The third kappa shape index (κ3) is 4.84. The molecule has 1 unspecified atom stereocenters. The Kier molecular flexibility index (Phi) is 6.37. The molecule has 1 rings (SSSR count). The predicted octanol–water partition coefficient (Wildman–Crippen LogP) is 2.92. The van der Waals surface area contributed by atoms with Crippen LogP contribution in [0, 0.1) is 11.3 Å². The van der Waals surface area contributed by atoms with Crippen LogP contribution in [0.15, 0.2) is 0 Å². The molecule has 0 amide bonds. The quantitative estimate of drug-likeness (QED) is 0.562. The van der Waals surface area contributed by atoms with Crippen LogP contribution in [0.1, 0.15) is 58.8 Å². The monoisotopic (exact) mass is 226 g/mol. The summed E-state index contributed by atoms with van der Waals surface area (Å²) in [5, 5.41) is 3.63. The van der Waals surface area contributed by atoms with Gasteiger partial charge in [-0.05, 0) is 62.9 Å². The van der Waals surface area contributed by atoms with E-state index in [2.05, 4.69) is 19.2 Å². The molecule has 0 aromatic carbocycles. The highest BCUT2D eigenvalue weighted by molar-refractivity contribution is 4.93. The fourth-order valence-electron chi connectivity index (χ4n) is 2.49. The summed E-state index contributed by atoms with van der Waals surface area (Å²) in [6.07, 6.45) is 9.40. The summed E-state index contributed by atoms with van der Waals surface area (Å²) in [6, 6.07) is 0. The lowest BCUT2D eigenvalue weighted by molar-refractivity contribution is 0.401. The van der Waals surface area contributed by atoms with E-state index in [-0.39, 0.29) is 0 Å².